The number of amides is 3. The lowest BCUT2D eigenvalue weighted by molar-refractivity contribution is -0.136. The van der Waals surface area contributed by atoms with Crippen LogP contribution in [0.3, 0.4) is 0 Å². The van der Waals surface area contributed by atoms with Gasteiger partial charge >= 0.3 is 11.8 Å². The highest BCUT2D eigenvalue weighted by atomic mass is 16.2. The number of nitrogens with zero attached hydrogens (tertiary/aromatic N) is 2. The van der Waals surface area contributed by atoms with Crippen LogP contribution in [0.25, 0.3) is 0 Å². The minimum Gasteiger partial charge on any atom is -0.348 e. The van der Waals surface area contributed by atoms with Crippen molar-refractivity contribution in [3.8, 4) is 0 Å². The number of hydrogen-bond acceptors (Lipinski definition) is 5. The van der Waals surface area contributed by atoms with Crippen LogP contribution in [0.4, 0.5) is 5.82 Å². The smallest absolute Gasteiger partial charge is 0.314 e. The summed E-state index contributed by atoms with van der Waals surface area (Å²) in [6, 6.07) is 21.8. The summed E-state index contributed by atoms with van der Waals surface area (Å²) in [4.78, 5) is 37.9. The molecular weight excluding hydrogens is 480 g/mol. The second-order valence-corrected chi connectivity index (χ2v) is 10.7. The molecule has 2 unspecified atom stereocenters. The molecule has 1 aliphatic rings. The van der Waals surface area contributed by atoms with E-state index in [1.807, 2.05) is 36.4 Å². The van der Waals surface area contributed by atoms with Crippen molar-refractivity contribution < 1.29 is 14.4 Å². The Morgan fingerprint density at radius 1 is 1.03 bits per heavy atom. The molecule has 3 amide bonds. The molecule has 0 bridgehead atoms. The van der Waals surface area contributed by atoms with Crippen LogP contribution in [-0.4, -0.2) is 40.1 Å². The number of anilines is 1. The average molecular weight is 517 g/mol. The van der Waals surface area contributed by atoms with E-state index in [1.54, 1.807) is 13.0 Å². The van der Waals surface area contributed by atoms with Crippen LogP contribution in [0.15, 0.2) is 66.7 Å². The topological polar surface area (TPSA) is 117 Å². The van der Waals surface area contributed by atoms with E-state index in [2.05, 4.69) is 71.4 Å². The number of carbonyl (C=O) groups excluding carboxylic acids is 3. The standard InChI is InChI=1S/C29H36N6O3/c1-19-17-24(35(34-19)28-31-23(29(2,3)4)18-25(36)33-28)32-27(38)26(37)30-16-15-22(20-11-7-5-8-12-20)21-13-9-6-10-14-21/h5-14,17,22-23,28,31H,15-16,18H2,1-4H3,(H,30,37)(H,32,38)(H,33,36). The normalized spacial score (nSPS) is 17.7. The number of rotatable bonds is 7. The van der Waals surface area contributed by atoms with Crippen molar-refractivity contribution in [3.63, 3.8) is 0 Å². The fourth-order valence-corrected chi connectivity index (χ4v) is 4.66. The first-order valence-electron chi connectivity index (χ1n) is 12.9. The Labute approximate surface area is 223 Å². The third-order valence-corrected chi connectivity index (χ3v) is 6.76. The van der Waals surface area contributed by atoms with E-state index in [-0.39, 0.29) is 23.3 Å². The monoisotopic (exact) mass is 516 g/mol. The number of nitrogens with one attached hydrogen (secondary N) is 4. The molecule has 2 heterocycles. The van der Waals surface area contributed by atoms with Crippen molar-refractivity contribution in [2.45, 2.75) is 58.8 Å². The van der Waals surface area contributed by atoms with Gasteiger partial charge in [0, 0.05) is 31.0 Å². The molecule has 9 heteroatoms. The maximum Gasteiger partial charge on any atom is 0.314 e. The zero-order chi connectivity index (χ0) is 27.3. The van der Waals surface area contributed by atoms with Crippen LogP contribution < -0.4 is 21.3 Å². The Morgan fingerprint density at radius 3 is 2.21 bits per heavy atom. The van der Waals surface area contributed by atoms with Gasteiger partial charge in [-0.1, -0.05) is 81.4 Å². The van der Waals surface area contributed by atoms with Crippen LogP contribution >= 0.6 is 0 Å². The number of carbonyl (C=O) groups is 3. The molecule has 0 saturated carbocycles. The van der Waals surface area contributed by atoms with Crippen LogP contribution in [0.1, 0.15) is 62.6 Å². The molecule has 1 aliphatic heterocycles. The fourth-order valence-electron chi connectivity index (χ4n) is 4.66. The Hall–Kier alpha value is -3.98. The quantitative estimate of drug-likeness (QED) is 0.359. The molecule has 9 nitrogen and oxygen atoms in total. The molecule has 1 fully saturated rings. The largest absolute Gasteiger partial charge is 0.348 e. The predicted octanol–water partition coefficient (Wildman–Crippen LogP) is 3.45. The van der Waals surface area contributed by atoms with E-state index in [9.17, 15) is 14.4 Å². The van der Waals surface area contributed by atoms with Crippen LogP contribution in [0.5, 0.6) is 0 Å². The first-order valence-corrected chi connectivity index (χ1v) is 12.9. The molecule has 2 atom stereocenters. The minimum absolute atomic E-state index is 0.0835. The van der Waals surface area contributed by atoms with Crippen molar-refractivity contribution in [2.24, 2.45) is 5.41 Å². The summed E-state index contributed by atoms with van der Waals surface area (Å²) in [5.74, 6) is -1.23. The van der Waals surface area contributed by atoms with Crippen LogP contribution in [0, 0.1) is 12.3 Å². The second-order valence-electron chi connectivity index (χ2n) is 10.7. The summed E-state index contributed by atoms with van der Waals surface area (Å²) in [7, 11) is 0. The second kappa shape index (κ2) is 11.6. The van der Waals surface area contributed by atoms with Crippen LogP contribution in [0.2, 0.25) is 0 Å². The first kappa shape index (κ1) is 27.1. The molecule has 4 N–H and O–H groups in total. The molecule has 2 aromatic carbocycles. The highest BCUT2D eigenvalue weighted by Crippen LogP contribution is 2.28. The van der Waals surface area contributed by atoms with Crippen molar-refractivity contribution in [2.75, 3.05) is 11.9 Å². The van der Waals surface area contributed by atoms with Crippen molar-refractivity contribution >= 4 is 23.5 Å². The third kappa shape index (κ3) is 6.66. The Morgan fingerprint density at radius 2 is 1.63 bits per heavy atom. The van der Waals surface area contributed by atoms with Gasteiger partial charge in [0.25, 0.3) is 0 Å². The maximum atomic E-state index is 12.8. The van der Waals surface area contributed by atoms with Crippen LogP contribution in [-0.2, 0) is 14.4 Å². The zero-order valence-corrected chi connectivity index (χ0v) is 22.3. The van der Waals surface area contributed by atoms with Gasteiger partial charge in [0.15, 0.2) is 6.29 Å². The number of aryl methyl sites for hydroxylation is 1. The van der Waals surface area contributed by atoms with Gasteiger partial charge in [-0.3, -0.25) is 19.7 Å². The van der Waals surface area contributed by atoms with E-state index < -0.39 is 18.1 Å². The molecule has 0 spiro atoms. The highest BCUT2D eigenvalue weighted by molar-refractivity contribution is 6.39. The molecule has 38 heavy (non-hydrogen) atoms. The van der Waals surface area contributed by atoms with Gasteiger partial charge in [0.05, 0.1) is 5.69 Å². The lowest BCUT2D eigenvalue weighted by atomic mass is 9.84. The summed E-state index contributed by atoms with van der Waals surface area (Å²) in [6.45, 7) is 8.28. The minimum atomic E-state index is -0.795. The van der Waals surface area contributed by atoms with E-state index >= 15 is 0 Å². The van der Waals surface area contributed by atoms with Gasteiger partial charge in [-0.15, -0.1) is 0 Å². The maximum absolute atomic E-state index is 12.8. The Balaban J connectivity index is 1.39. The van der Waals surface area contributed by atoms with Gasteiger partial charge in [-0.2, -0.15) is 5.10 Å². The molecule has 0 radical (unpaired) electrons. The first-order chi connectivity index (χ1) is 18.1. The van der Waals surface area contributed by atoms with E-state index in [0.29, 0.717) is 30.9 Å². The van der Waals surface area contributed by atoms with Crippen molar-refractivity contribution in [3.05, 3.63) is 83.6 Å². The van der Waals surface area contributed by atoms with Crippen molar-refractivity contribution in [1.29, 1.82) is 0 Å². The molecule has 200 valence electrons. The SMILES string of the molecule is Cc1cc(NC(=O)C(=O)NCCC(c2ccccc2)c2ccccc2)n(C2NC(=O)CC(C(C)(C)C)N2)n1. The van der Waals surface area contributed by atoms with Crippen molar-refractivity contribution in [1.82, 2.24) is 25.7 Å². The predicted molar refractivity (Wildman–Crippen MR) is 146 cm³/mol. The number of benzene rings is 2. The number of aromatic nitrogens is 2. The summed E-state index contributed by atoms with van der Waals surface area (Å²) >= 11 is 0. The highest BCUT2D eigenvalue weighted by Gasteiger charge is 2.35. The lowest BCUT2D eigenvalue weighted by Crippen LogP contribution is -2.57. The molecule has 1 saturated heterocycles. The molecule has 1 aromatic heterocycles. The average Bonchev–Trinajstić information content (AvgIpc) is 3.26. The fraction of sp³-hybridized carbons (Fsp3) is 0.379. The molecule has 4 rings (SSSR count). The zero-order valence-electron chi connectivity index (χ0n) is 22.3. The summed E-state index contributed by atoms with van der Waals surface area (Å²) < 4.78 is 1.50. The molecular formula is C29H36N6O3. The lowest BCUT2D eigenvalue weighted by Gasteiger charge is -2.39. The summed E-state index contributed by atoms with van der Waals surface area (Å²) in [5, 5.41) is 16.1. The van der Waals surface area contributed by atoms with Gasteiger partial charge in [-0.25, -0.2) is 4.68 Å². The van der Waals surface area contributed by atoms with E-state index in [1.165, 1.54) is 4.68 Å². The van der Waals surface area contributed by atoms with Gasteiger partial charge in [0.1, 0.15) is 5.82 Å². The van der Waals surface area contributed by atoms with Gasteiger partial charge in [-0.05, 0) is 29.9 Å². The number of hydrogen-bond donors (Lipinski definition) is 4. The Kier molecular flexibility index (Phi) is 8.26. The molecule has 3 aromatic rings. The summed E-state index contributed by atoms with van der Waals surface area (Å²) in [6.07, 6.45) is 0.332. The van der Waals surface area contributed by atoms with E-state index in [0.717, 1.165) is 11.1 Å². The van der Waals surface area contributed by atoms with Gasteiger partial charge in [0.2, 0.25) is 5.91 Å². The van der Waals surface area contributed by atoms with Gasteiger partial charge < -0.3 is 16.0 Å². The summed E-state index contributed by atoms with van der Waals surface area (Å²) in [5.41, 5.74) is 2.78. The van der Waals surface area contributed by atoms with E-state index in [4.69, 9.17) is 0 Å². The Bertz CT molecular complexity index is 1230. The third-order valence-electron chi connectivity index (χ3n) is 6.76. The molecule has 0 aliphatic carbocycles.